The molecule has 0 aliphatic carbocycles. The molecule has 1 atom stereocenters. The van der Waals surface area contributed by atoms with E-state index >= 15 is 0 Å². The minimum absolute atomic E-state index is 0.0775. The summed E-state index contributed by atoms with van der Waals surface area (Å²) in [6.45, 7) is 7.49. The molecule has 2 aliphatic heterocycles. The molecule has 148 valence electrons. The summed E-state index contributed by atoms with van der Waals surface area (Å²) in [5.41, 5.74) is 1.12. The highest BCUT2D eigenvalue weighted by Crippen LogP contribution is 2.28. The van der Waals surface area contributed by atoms with Crippen LogP contribution in [0.2, 0.25) is 5.02 Å². The van der Waals surface area contributed by atoms with E-state index in [1.165, 1.54) is 0 Å². The van der Waals surface area contributed by atoms with Gasteiger partial charge in [0.05, 0.1) is 11.6 Å². The highest BCUT2D eigenvalue weighted by molar-refractivity contribution is 6.34. The quantitative estimate of drug-likeness (QED) is 0.691. The predicted molar refractivity (Wildman–Crippen MR) is 109 cm³/mol. The molecule has 0 saturated carbocycles. The van der Waals surface area contributed by atoms with Crippen molar-refractivity contribution in [2.24, 2.45) is 5.92 Å². The van der Waals surface area contributed by atoms with Crippen LogP contribution in [0.5, 0.6) is 0 Å². The third-order valence-electron chi connectivity index (χ3n) is 5.60. The smallest absolute Gasteiger partial charge is 0.212 e. The summed E-state index contributed by atoms with van der Waals surface area (Å²) in [7, 11) is 3.84. The molecule has 2 aliphatic rings. The number of halogens is 1. The van der Waals surface area contributed by atoms with E-state index in [2.05, 4.69) is 18.7 Å². The van der Waals surface area contributed by atoms with Gasteiger partial charge in [-0.2, -0.15) is 0 Å². The number of nitrogens with zero attached hydrogens (tertiary/aromatic N) is 3. The van der Waals surface area contributed by atoms with E-state index in [1.54, 1.807) is 12.1 Å². The molecule has 27 heavy (non-hydrogen) atoms. The van der Waals surface area contributed by atoms with Gasteiger partial charge in [0.15, 0.2) is 0 Å². The molecule has 1 unspecified atom stereocenters. The van der Waals surface area contributed by atoms with Crippen molar-refractivity contribution in [1.82, 2.24) is 14.7 Å². The van der Waals surface area contributed by atoms with Gasteiger partial charge in [-0.15, -0.1) is 0 Å². The second kappa shape index (κ2) is 8.63. The maximum absolute atomic E-state index is 12.9. The first kappa shape index (κ1) is 20.2. The van der Waals surface area contributed by atoms with Gasteiger partial charge >= 0.3 is 0 Å². The molecule has 2 heterocycles. The topological polar surface area (TPSA) is 36.0 Å². The largest absolute Gasteiger partial charge is 0.340 e. The van der Waals surface area contributed by atoms with Crippen molar-refractivity contribution in [3.63, 3.8) is 0 Å². The van der Waals surface area contributed by atoms with E-state index < -0.39 is 0 Å². The van der Waals surface area contributed by atoms with Gasteiger partial charge in [-0.25, -0.2) is 0 Å². The average molecular weight is 392 g/mol. The van der Waals surface area contributed by atoms with Gasteiger partial charge in [0, 0.05) is 31.9 Å². The van der Waals surface area contributed by atoms with Crippen LogP contribution in [-0.2, 0) is 4.74 Å². The van der Waals surface area contributed by atoms with Crippen LogP contribution in [0, 0.1) is 5.92 Å². The van der Waals surface area contributed by atoms with Gasteiger partial charge in [0.1, 0.15) is 5.70 Å². The third-order valence-corrected chi connectivity index (χ3v) is 5.93. The Hall–Kier alpha value is -1.56. The number of allylic oxidation sites excluding steroid dienone is 1. The first-order valence-corrected chi connectivity index (χ1v) is 10.1. The van der Waals surface area contributed by atoms with Gasteiger partial charge in [-0.05, 0) is 57.8 Å². The number of benzene rings is 1. The lowest BCUT2D eigenvalue weighted by molar-refractivity contribution is -0.105. The van der Waals surface area contributed by atoms with Crippen molar-refractivity contribution in [3.8, 4) is 0 Å². The fraction of sp³-hybridized carbons (Fsp3) is 0.571. The number of hydrogen-bond acceptors (Lipinski definition) is 5. The van der Waals surface area contributed by atoms with Gasteiger partial charge < -0.3 is 19.4 Å². The van der Waals surface area contributed by atoms with Crippen LogP contribution >= 0.6 is 11.6 Å². The number of ether oxygens (including phenoxy) is 1. The van der Waals surface area contributed by atoms with E-state index in [9.17, 15) is 4.79 Å². The second-order valence-electron chi connectivity index (χ2n) is 7.83. The summed E-state index contributed by atoms with van der Waals surface area (Å²) >= 11 is 6.20. The molecular weight excluding hydrogens is 362 g/mol. The number of rotatable bonds is 6. The molecule has 5 nitrogen and oxygen atoms in total. The number of Topliss-reactive ketones (excluding diaryl/α,β-unsaturated/α-hetero) is 1. The van der Waals surface area contributed by atoms with Crippen LogP contribution in [-0.4, -0.2) is 66.7 Å². The van der Waals surface area contributed by atoms with Gasteiger partial charge in [-0.3, -0.25) is 4.79 Å². The summed E-state index contributed by atoms with van der Waals surface area (Å²) in [4.78, 5) is 19.3. The van der Waals surface area contributed by atoms with Crippen LogP contribution in [0.1, 0.15) is 37.0 Å². The fourth-order valence-electron chi connectivity index (χ4n) is 3.83. The molecule has 3 rings (SSSR count). The summed E-state index contributed by atoms with van der Waals surface area (Å²) in [6, 6.07) is 7.77. The number of likely N-dealkylation sites (N-methyl/N-ethyl adjacent to an activating group) is 1. The van der Waals surface area contributed by atoms with Crippen molar-refractivity contribution >= 4 is 17.4 Å². The molecule has 1 aromatic rings. The Morgan fingerprint density at radius 1 is 1.22 bits per heavy atom. The van der Waals surface area contributed by atoms with Gasteiger partial charge in [-0.1, -0.05) is 23.7 Å². The Kier molecular flexibility index (Phi) is 6.45. The van der Waals surface area contributed by atoms with E-state index in [-0.39, 0.29) is 12.1 Å². The third kappa shape index (κ3) is 4.48. The Morgan fingerprint density at radius 3 is 2.52 bits per heavy atom. The number of carbonyl (C=O) groups excluding carboxylic acids is 1. The van der Waals surface area contributed by atoms with Crippen LogP contribution in [0.15, 0.2) is 36.2 Å². The molecule has 1 aromatic carbocycles. The lowest BCUT2D eigenvalue weighted by atomic mass is 9.97. The van der Waals surface area contributed by atoms with E-state index in [0.29, 0.717) is 34.8 Å². The minimum Gasteiger partial charge on any atom is -0.340 e. The first-order chi connectivity index (χ1) is 12.9. The standard InChI is InChI=1S/C21H30ClN3O2/c1-15(2)25-11-9-16(10-12-25)14-27-21-23(3)13-19(24(21)4)20(26)17-7-5-6-8-18(17)22/h5-8,13,15-16,21H,9-12,14H2,1-4H3. The molecule has 0 spiro atoms. The normalized spacial score (nSPS) is 21.9. The van der Waals surface area contributed by atoms with Crippen LogP contribution < -0.4 is 0 Å². The number of piperidine rings is 1. The van der Waals surface area contributed by atoms with Crippen molar-refractivity contribution in [2.45, 2.75) is 39.1 Å². The van der Waals surface area contributed by atoms with Crippen LogP contribution in [0.4, 0.5) is 0 Å². The number of likely N-dealkylation sites (tertiary alicyclic amines) is 1. The molecule has 0 radical (unpaired) electrons. The predicted octanol–water partition coefficient (Wildman–Crippen LogP) is 3.66. The summed E-state index contributed by atoms with van der Waals surface area (Å²) in [5, 5.41) is 0.473. The van der Waals surface area contributed by atoms with Crippen LogP contribution in [0.25, 0.3) is 0 Å². The van der Waals surface area contributed by atoms with E-state index in [1.807, 2.05) is 42.2 Å². The Bertz CT molecular complexity index is 698. The fourth-order valence-corrected chi connectivity index (χ4v) is 4.05. The number of hydrogen-bond donors (Lipinski definition) is 0. The maximum atomic E-state index is 12.9. The van der Waals surface area contributed by atoms with Crippen molar-refractivity contribution < 1.29 is 9.53 Å². The summed E-state index contributed by atoms with van der Waals surface area (Å²) in [5.74, 6) is 0.497. The lowest BCUT2D eigenvalue weighted by Crippen LogP contribution is -2.42. The molecule has 0 bridgehead atoms. The Morgan fingerprint density at radius 2 is 1.89 bits per heavy atom. The minimum atomic E-state index is -0.255. The zero-order valence-corrected chi connectivity index (χ0v) is 17.4. The lowest BCUT2D eigenvalue weighted by Gasteiger charge is -2.36. The van der Waals surface area contributed by atoms with E-state index in [0.717, 1.165) is 25.9 Å². The maximum Gasteiger partial charge on any atom is 0.212 e. The van der Waals surface area contributed by atoms with Gasteiger partial charge in [0.2, 0.25) is 12.1 Å². The highest BCUT2D eigenvalue weighted by Gasteiger charge is 2.33. The number of carbonyl (C=O) groups is 1. The van der Waals surface area contributed by atoms with E-state index in [4.69, 9.17) is 16.3 Å². The zero-order chi connectivity index (χ0) is 19.6. The summed E-state index contributed by atoms with van der Waals surface area (Å²) in [6.07, 6.45) is 3.92. The first-order valence-electron chi connectivity index (χ1n) is 9.70. The highest BCUT2D eigenvalue weighted by atomic mass is 35.5. The molecule has 6 heteroatoms. The second-order valence-corrected chi connectivity index (χ2v) is 8.24. The average Bonchev–Trinajstić information content (AvgIpc) is 2.94. The molecular formula is C21H30ClN3O2. The molecule has 0 aromatic heterocycles. The molecule has 1 fully saturated rings. The van der Waals surface area contributed by atoms with Crippen molar-refractivity contribution in [1.29, 1.82) is 0 Å². The van der Waals surface area contributed by atoms with Crippen molar-refractivity contribution in [3.05, 3.63) is 46.7 Å². The van der Waals surface area contributed by atoms with Crippen molar-refractivity contribution in [2.75, 3.05) is 33.8 Å². The summed E-state index contributed by atoms with van der Waals surface area (Å²) < 4.78 is 6.21. The Balaban J connectivity index is 1.57. The molecule has 1 saturated heterocycles. The van der Waals surface area contributed by atoms with Crippen LogP contribution in [0.3, 0.4) is 0 Å². The van der Waals surface area contributed by atoms with Gasteiger partial charge in [0.25, 0.3) is 0 Å². The number of ketones is 1. The Labute approximate surface area is 167 Å². The monoisotopic (exact) mass is 391 g/mol. The molecule has 0 amide bonds. The zero-order valence-electron chi connectivity index (χ0n) is 16.7. The SMILES string of the molecule is CC(C)N1CCC(COC2N(C)C=C(C(=O)c3ccccc3Cl)N2C)CC1. The molecule has 0 N–H and O–H groups in total.